The highest BCUT2D eigenvalue weighted by molar-refractivity contribution is 5.81. The molecular formula is C17H21N3O. The number of nitrogens with two attached hydrogens (primary N) is 1. The van der Waals surface area contributed by atoms with Gasteiger partial charge in [0.05, 0.1) is 12.1 Å². The van der Waals surface area contributed by atoms with E-state index in [1.807, 2.05) is 49.4 Å². The van der Waals surface area contributed by atoms with Gasteiger partial charge < -0.3 is 11.1 Å². The Morgan fingerprint density at radius 1 is 1.24 bits per heavy atom. The van der Waals surface area contributed by atoms with Crippen molar-refractivity contribution in [3.8, 4) is 0 Å². The summed E-state index contributed by atoms with van der Waals surface area (Å²) in [4.78, 5) is 16.1. The van der Waals surface area contributed by atoms with E-state index >= 15 is 0 Å². The summed E-state index contributed by atoms with van der Waals surface area (Å²) in [5.74, 6) is -0.123. The molecule has 0 spiro atoms. The van der Waals surface area contributed by atoms with Gasteiger partial charge in [0.2, 0.25) is 5.91 Å². The first-order valence-electron chi connectivity index (χ1n) is 7.16. The van der Waals surface area contributed by atoms with E-state index in [0.717, 1.165) is 12.0 Å². The third-order valence-corrected chi connectivity index (χ3v) is 3.47. The summed E-state index contributed by atoms with van der Waals surface area (Å²) in [7, 11) is 0. The maximum absolute atomic E-state index is 12.1. The Balaban J connectivity index is 1.82. The molecule has 0 unspecified atom stereocenters. The van der Waals surface area contributed by atoms with E-state index in [2.05, 4.69) is 10.3 Å². The Bertz CT molecular complexity index is 557. The fraction of sp³-hybridized carbons (Fsp3) is 0.294. The number of benzene rings is 1. The Morgan fingerprint density at radius 2 is 2.00 bits per heavy atom. The van der Waals surface area contributed by atoms with Gasteiger partial charge >= 0.3 is 0 Å². The van der Waals surface area contributed by atoms with Gasteiger partial charge in [-0.3, -0.25) is 9.78 Å². The smallest absolute Gasteiger partial charge is 0.237 e. The lowest BCUT2D eigenvalue weighted by Gasteiger charge is -2.17. The molecule has 4 nitrogen and oxygen atoms in total. The first-order chi connectivity index (χ1) is 10.2. The van der Waals surface area contributed by atoms with Gasteiger partial charge in [-0.15, -0.1) is 0 Å². The second-order valence-electron chi connectivity index (χ2n) is 5.15. The molecule has 110 valence electrons. The molecule has 2 atom stereocenters. The number of aromatic nitrogens is 1. The monoisotopic (exact) mass is 283 g/mol. The summed E-state index contributed by atoms with van der Waals surface area (Å²) in [5.41, 5.74) is 8.13. The molecule has 0 saturated heterocycles. The maximum atomic E-state index is 12.1. The van der Waals surface area contributed by atoms with Crippen molar-refractivity contribution in [3.05, 3.63) is 66.0 Å². The molecule has 3 N–H and O–H groups in total. The van der Waals surface area contributed by atoms with Crippen molar-refractivity contribution in [3.63, 3.8) is 0 Å². The van der Waals surface area contributed by atoms with Crippen molar-refractivity contribution >= 4 is 5.91 Å². The van der Waals surface area contributed by atoms with Crippen molar-refractivity contribution in [1.29, 1.82) is 0 Å². The normalized spacial score (nSPS) is 13.4. The van der Waals surface area contributed by atoms with Crippen LogP contribution in [0.4, 0.5) is 0 Å². The van der Waals surface area contributed by atoms with Crippen molar-refractivity contribution in [1.82, 2.24) is 10.3 Å². The fourth-order valence-electron chi connectivity index (χ4n) is 2.13. The van der Waals surface area contributed by atoms with E-state index in [1.165, 1.54) is 5.56 Å². The highest BCUT2D eigenvalue weighted by Gasteiger charge is 2.16. The third kappa shape index (κ3) is 4.68. The van der Waals surface area contributed by atoms with Gasteiger partial charge in [-0.1, -0.05) is 36.4 Å². The van der Waals surface area contributed by atoms with Crippen LogP contribution in [-0.2, 0) is 11.2 Å². The molecule has 21 heavy (non-hydrogen) atoms. The molecule has 0 aliphatic heterocycles. The van der Waals surface area contributed by atoms with Gasteiger partial charge in [0.15, 0.2) is 0 Å². The van der Waals surface area contributed by atoms with E-state index in [4.69, 9.17) is 5.73 Å². The first-order valence-corrected chi connectivity index (χ1v) is 7.16. The Kier molecular flexibility index (Phi) is 5.46. The highest BCUT2D eigenvalue weighted by atomic mass is 16.2. The number of nitrogens with zero attached hydrogens (tertiary/aromatic N) is 1. The minimum atomic E-state index is -0.496. The van der Waals surface area contributed by atoms with Gasteiger partial charge in [0.25, 0.3) is 0 Å². The van der Waals surface area contributed by atoms with Crippen LogP contribution in [0.1, 0.15) is 30.5 Å². The second-order valence-corrected chi connectivity index (χ2v) is 5.15. The predicted octanol–water partition coefficient (Wildman–Crippen LogP) is 2.22. The molecule has 0 fully saturated rings. The molecule has 0 bridgehead atoms. The van der Waals surface area contributed by atoms with Crippen molar-refractivity contribution in [2.75, 3.05) is 0 Å². The van der Waals surface area contributed by atoms with Crippen molar-refractivity contribution in [2.24, 2.45) is 5.73 Å². The molecule has 1 aromatic heterocycles. The predicted molar refractivity (Wildman–Crippen MR) is 83.5 cm³/mol. The van der Waals surface area contributed by atoms with Crippen LogP contribution in [0.15, 0.2) is 54.9 Å². The summed E-state index contributed by atoms with van der Waals surface area (Å²) in [5, 5.41) is 2.93. The molecular weight excluding hydrogens is 262 g/mol. The van der Waals surface area contributed by atoms with E-state index in [0.29, 0.717) is 6.42 Å². The second kappa shape index (κ2) is 7.55. The van der Waals surface area contributed by atoms with Gasteiger partial charge in [-0.25, -0.2) is 0 Å². The zero-order valence-electron chi connectivity index (χ0n) is 12.2. The number of aryl methyl sites for hydroxylation is 1. The van der Waals surface area contributed by atoms with E-state index < -0.39 is 6.04 Å². The molecule has 4 heteroatoms. The van der Waals surface area contributed by atoms with E-state index in [-0.39, 0.29) is 11.9 Å². The third-order valence-electron chi connectivity index (χ3n) is 3.47. The minimum absolute atomic E-state index is 0.0889. The Hall–Kier alpha value is -2.20. The van der Waals surface area contributed by atoms with Gasteiger partial charge in [0.1, 0.15) is 0 Å². The molecule has 2 rings (SSSR count). The quantitative estimate of drug-likeness (QED) is 0.854. The Morgan fingerprint density at radius 3 is 2.67 bits per heavy atom. The van der Waals surface area contributed by atoms with Gasteiger partial charge in [-0.05, 0) is 37.0 Å². The molecule has 0 aliphatic rings. The van der Waals surface area contributed by atoms with E-state index in [9.17, 15) is 4.79 Å². The average molecular weight is 283 g/mol. The molecule has 0 aliphatic carbocycles. The highest BCUT2D eigenvalue weighted by Crippen LogP contribution is 2.10. The average Bonchev–Trinajstić information content (AvgIpc) is 2.54. The maximum Gasteiger partial charge on any atom is 0.237 e. The van der Waals surface area contributed by atoms with E-state index in [1.54, 1.807) is 12.4 Å². The molecule has 0 saturated carbocycles. The summed E-state index contributed by atoms with van der Waals surface area (Å²) >= 11 is 0. The zero-order valence-corrected chi connectivity index (χ0v) is 12.2. The number of amides is 1. The Labute approximate surface area is 125 Å². The van der Waals surface area contributed by atoms with Crippen LogP contribution in [0.5, 0.6) is 0 Å². The van der Waals surface area contributed by atoms with Crippen molar-refractivity contribution in [2.45, 2.75) is 31.8 Å². The lowest BCUT2D eigenvalue weighted by atomic mass is 10.0. The summed E-state index contributed by atoms with van der Waals surface area (Å²) in [6.07, 6.45) is 4.90. The lowest BCUT2D eigenvalue weighted by Crippen LogP contribution is -2.41. The topological polar surface area (TPSA) is 68.0 Å². The van der Waals surface area contributed by atoms with Crippen LogP contribution in [-0.4, -0.2) is 16.9 Å². The summed E-state index contributed by atoms with van der Waals surface area (Å²) < 4.78 is 0. The van der Waals surface area contributed by atoms with Crippen LogP contribution in [0, 0.1) is 0 Å². The standard InChI is InChI=1S/C17H21N3O/c1-13(15-8-5-11-19-12-15)20-17(21)16(18)10-9-14-6-3-2-4-7-14/h2-8,11-13,16H,9-10,18H2,1H3,(H,20,21)/t13-,16-/m0/s1. The SMILES string of the molecule is C[C@H](NC(=O)[C@@H](N)CCc1ccccc1)c1cccnc1. The number of rotatable bonds is 6. The zero-order chi connectivity index (χ0) is 15.1. The van der Waals surface area contributed by atoms with Crippen molar-refractivity contribution < 1.29 is 4.79 Å². The summed E-state index contributed by atoms with van der Waals surface area (Å²) in [6, 6.07) is 13.3. The molecule has 2 aromatic rings. The summed E-state index contributed by atoms with van der Waals surface area (Å²) in [6.45, 7) is 1.93. The van der Waals surface area contributed by atoms with Crippen LogP contribution >= 0.6 is 0 Å². The number of pyridine rings is 1. The lowest BCUT2D eigenvalue weighted by molar-refractivity contribution is -0.123. The first kappa shape index (κ1) is 15.2. The van der Waals surface area contributed by atoms with Gasteiger partial charge in [0, 0.05) is 12.4 Å². The van der Waals surface area contributed by atoms with Crippen LogP contribution in [0.25, 0.3) is 0 Å². The molecule has 1 amide bonds. The minimum Gasteiger partial charge on any atom is -0.348 e. The largest absolute Gasteiger partial charge is 0.348 e. The van der Waals surface area contributed by atoms with Crippen LogP contribution < -0.4 is 11.1 Å². The fourth-order valence-corrected chi connectivity index (χ4v) is 2.13. The number of nitrogens with one attached hydrogen (secondary N) is 1. The van der Waals surface area contributed by atoms with Gasteiger partial charge in [-0.2, -0.15) is 0 Å². The van der Waals surface area contributed by atoms with Crippen LogP contribution in [0.3, 0.4) is 0 Å². The molecule has 1 heterocycles. The number of hydrogen-bond acceptors (Lipinski definition) is 3. The number of carbonyl (C=O) groups excluding carboxylic acids is 1. The molecule has 1 aromatic carbocycles. The van der Waals surface area contributed by atoms with Crippen LogP contribution in [0.2, 0.25) is 0 Å². The molecule has 0 radical (unpaired) electrons. The number of hydrogen-bond donors (Lipinski definition) is 2. The number of carbonyl (C=O) groups is 1.